The standard InChI is InChI=1S/C25H24F2N6O3/c1-32(2)7-8-33-12-14-9-13(5-6-15(14)25(33)34)22-16-11-28-24(29-23(16)31-30-22)19-20(26)17(35-3)10-18(36-4)21(19)27/h5-6,9-11H,7-8,12H2,1-4H3,(H,28,29,30,31). The van der Waals surface area contributed by atoms with Crippen molar-refractivity contribution in [2.75, 3.05) is 41.4 Å². The van der Waals surface area contributed by atoms with Crippen LogP contribution in [-0.2, 0) is 6.54 Å². The van der Waals surface area contributed by atoms with Gasteiger partial charge < -0.3 is 19.3 Å². The first-order chi connectivity index (χ1) is 17.3. The van der Waals surface area contributed by atoms with Crippen LogP contribution < -0.4 is 9.47 Å². The van der Waals surface area contributed by atoms with E-state index in [4.69, 9.17) is 9.47 Å². The lowest BCUT2D eigenvalue weighted by Crippen LogP contribution is -2.31. The lowest BCUT2D eigenvalue weighted by molar-refractivity contribution is 0.0768. The fourth-order valence-corrected chi connectivity index (χ4v) is 4.26. The number of benzene rings is 2. The predicted molar refractivity (Wildman–Crippen MR) is 129 cm³/mol. The van der Waals surface area contributed by atoms with Crippen molar-refractivity contribution >= 4 is 16.9 Å². The number of methoxy groups -OCH3 is 2. The van der Waals surface area contributed by atoms with Gasteiger partial charge >= 0.3 is 0 Å². The highest BCUT2D eigenvalue weighted by molar-refractivity contribution is 6.00. The maximum Gasteiger partial charge on any atom is 0.254 e. The second-order valence-electron chi connectivity index (χ2n) is 8.71. The average Bonchev–Trinajstić information content (AvgIpc) is 3.43. The van der Waals surface area contributed by atoms with Crippen molar-refractivity contribution in [1.29, 1.82) is 0 Å². The minimum absolute atomic E-state index is 0.0102. The van der Waals surface area contributed by atoms with E-state index in [9.17, 15) is 13.6 Å². The maximum atomic E-state index is 14.9. The normalized spacial score (nSPS) is 13.1. The number of rotatable bonds is 7. The van der Waals surface area contributed by atoms with E-state index in [-0.39, 0.29) is 23.2 Å². The Balaban J connectivity index is 1.51. The number of H-pyrrole nitrogens is 1. The first-order valence-corrected chi connectivity index (χ1v) is 11.2. The Morgan fingerprint density at radius 1 is 1.11 bits per heavy atom. The minimum Gasteiger partial charge on any atom is -0.494 e. The van der Waals surface area contributed by atoms with E-state index in [1.807, 2.05) is 36.0 Å². The Bertz CT molecular complexity index is 1460. The Morgan fingerprint density at radius 2 is 1.83 bits per heavy atom. The second kappa shape index (κ2) is 9.15. The summed E-state index contributed by atoms with van der Waals surface area (Å²) in [7, 11) is 6.48. The number of amides is 1. The highest BCUT2D eigenvalue weighted by Gasteiger charge is 2.28. The van der Waals surface area contributed by atoms with Crippen molar-refractivity contribution in [2.45, 2.75) is 6.54 Å². The first kappa shape index (κ1) is 23.6. The molecule has 36 heavy (non-hydrogen) atoms. The maximum absolute atomic E-state index is 14.9. The molecule has 0 unspecified atom stereocenters. The van der Waals surface area contributed by atoms with E-state index in [0.717, 1.165) is 23.7 Å². The third-order valence-electron chi connectivity index (χ3n) is 6.19. The zero-order valence-electron chi connectivity index (χ0n) is 20.2. The third-order valence-corrected chi connectivity index (χ3v) is 6.19. The largest absolute Gasteiger partial charge is 0.494 e. The second-order valence-corrected chi connectivity index (χ2v) is 8.71. The van der Waals surface area contributed by atoms with Crippen LogP contribution in [-0.4, -0.2) is 77.3 Å². The summed E-state index contributed by atoms with van der Waals surface area (Å²) >= 11 is 0. The number of hydrogen-bond acceptors (Lipinski definition) is 7. The van der Waals surface area contributed by atoms with Gasteiger partial charge in [0.2, 0.25) is 0 Å². The fraction of sp³-hybridized carbons (Fsp3) is 0.280. The highest BCUT2D eigenvalue weighted by Crippen LogP contribution is 2.37. The Hall–Kier alpha value is -4.12. The van der Waals surface area contributed by atoms with Crippen LogP contribution in [0.5, 0.6) is 11.5 Å². The molecule has 3 heterocycles. The molecule has 1 amide bonds. The van der Waals surface area contributed by atoms with E-state index < -0.39 is 17.2 Å². The van der Waals surface area contributed by atoms with Crippen molar-refractivity contribution < 1.29 is 23.0 Å². The summed E-state index contributed by atoms with van der Waals surface area (Å²) in [6.45, 7) is 1.94. The number of fused-ring (bicyclic) bond motifs is 2. The van der Waals surface area contributed by atoms with Gasteiger partial charge in [-0.25, -0.2) is 18.7 Å². The van der Waals surface area contributed by atoms with Crippen molar-refractivity contribution in [3.05, 3.63) is 53.2 Å². The number of nitrogens with one attached hydrogen (secondary N) is 1. The molecule has 0 fully saturated rings. The van der Waals surface area contributed by atoms with Crippen LogP contribution in [0.2, 0.25) is 0 Å². The molecule has 0 saturated heterocycles. The lowest BCUT2D eigenvalue weighted by Gasteiger charge is -2.18. The predicted octanol–water partition coefficient (Wildman–Crippen LogP) is 3.50. The zero-order chi connectivity index (χ0) is 25.6. The molecule has 2 aromatic heterocycles. The van der Waals surface area contributed by atoms with E-state index in [1.165, 1.54) is 20.4 Å². The molecule has 9 nitrogen and oxygen atoms in total. The average molecular weight is 495 g/mol. The molecule has 2 aromatic carbocycles. The van der Waals surface area contributed by atoms with Gasteiger partial charge in [-0.1, -0.05) is 6.07 Å². The minimum atomic E-state index is -0.933. The lowest BCUT2D eigenvalue weighted by atomic mass is 10.0. The van der Waals surface area contributed by atoms with Crippen LogP contribution in [0.1, 0.15) is 15.9 Å². The van der Waals surface area contributed by atoms with Crippen molar-refractivity contribution in [3.8, 4) is 34.1 Å². The van der Waals surface area contributed by atoms with E-state index in [0.29, 0.717) is 35.4 Å². The molecule has 4 aromatic rings. The van der Waals surface area contributed by atoms with Gasteiger partial charge in [0, 0.05) is 43.0 Å². The van der Waals surface area contributed by atoms with Crippen LogP contribution in [0.3, 0.4) is 0 Å². The summed E-state index contributed by atoms with van der Waals surface area (Å²) in [5.41, 5.74) is 2.78. The van der Waals surface area contributed by atoms with Crippen molar-refractivity contribution in [3.63, 3.8) is 0 Å². The number of nitrogens with zero attached hydrogens (tertiary/aromatic N) is 5. The van der Waals surface area contributed by atoms with E-state index in [2.05, 4.69) is 20.2 Å². The quantitative estimate of drug-likeness (QED) is 0.420. The SMILES string of the molecule is COc1cc(OC)c(F)c(-c2ncc3c(-c4ccc5c(c4)CN(CCN(C)C)C5=O)n[nH]c3n2)c1F. The summed E-state index contributed by atoms with van der Waals surface area (Å²) in [4.78, 5) is 25.1. The Morgan fingerprint density at radius 3 is 2.50 bits per heavy atom. The first-order valence-electron chi connectivity index (χ1n) is 11.2. The van der Waals surface area contributed by atoms with Crippen LogP contribution in [0, 0.1) is 11.6 Å². The summed E-state index contributed by atoms with van der Waals surface area (Å²) < 4.78 is 39.9. The molecule has 5 rings (SSSR count). The molecule has 1 aliphatic heterocycles. The van der Waals surface area contributed by atoms with Crippen molar-refractivity contribution in [2.24, 2.45) is 0 Å². The molecular weight excluding hydrogens is 470 g/mol. The van der Waals surface area contributed by atoms with Gasteiger partial charge in [0.15, 0.2) is 34.6 Å². The van der Waals surface area contributed by atoms with Gasteiger partial charge in [-0.2, -0.15) is 5.10 Å². The number of carbonyl (C=O) groups is 1. The van der Waals surface area contributed by atoms with Crippen LogP contribution >= 0.6 is 0 Å². The van der Waals surface area contributed by atoms with Crippen LogP contribution in [0.25, 0.3) is 33.7 Å². The van der Waals surface area contributed by atoms with Gasteiger partial charge in [0.05, 0.1) is 25.2 Å². The van der Waals surface area contributed by atoms with Crippen molar-refractivity contribution in [1.82, 2.24) is 30.0 Å². The van der Waals surface area contributed by atoms with Gasteiger partial charge in [0.1, 0.15) is 5.69 Å². The molecule has 0 spiro atoms. The smallest absolute Gasteiger partial charge is 0.254 e. The summed E-state index contributed by atoms with van der Waals surface area (Å²) in [6, 6.07) is 6.67. The summed E-state index contributed by atoms with van der Waals surface area (Å²) in [5, 5.41) is 7.76. The fourth-order valence-electron chi connectivity index (χ4n) is 4.26. The Labute approximate surface area is 205 Å². The van der Waals surface area contributed by atoms with Gasteiger partial charge in [0.25, 0.3) is 5.91 Å². The van der Waals surface area contributed by atoms with E-state index >= 15 is 0 Å². The number of halogens is 2. The number of aromatic amines is 1. The van der Waals surface area contributed by atoms with Gasteiger partial charge in [-0.3, -0.25) is 9.89 Å². The topological polar surface area (TPSA) is 96.5 Å². The van der Waals surface area contributed by atoms with Gasteiger partial charge in [-0.15, -0.1) is 0 Å². The van der Waals surface area contributed by atoms with E-state index in [1.54, 1.807) is 6.07 Å². The molecule has 0 saturated carbocycles. The third kappa shape index (κ3) is 3.91. The van der Waals surface area contributed by atoms with Crippen LogP contribution in [0.15, 0.2) is 30.5 Å². The number of hydrogen-bond donors (Lipinski definition) is 1. The number of ether oxygens (including phenoxy) is 2. The number of likely N-dealkylation sites (N-methyl/N-ethyl adjacent to an activating group) is 1. The highest BCUT2D eigenvalue weighted by atomic mass is 19.1. The molecule has 0 aliphatic carbocycles. The molecule has 0 radical (unpaired) electrons. The molecule has 1 N–H and O–H groups in total. The summed E-state index contributed by atoms with van der Waals surface area (Å²) in [5.74, 6) is -2.42. The monoisotopic (exact) mass is 494 g/mol. The molecule has 11 heteroatoms. The summed E-state index contributed by atoms with van der Waals surface area (Å²) in [6.07, 6.45) is 1.46. The Kier molecular flexibility index (Phi) is 6.00. The van der Waals surface area contributed by atoms with Crippen LogP contribution in [0.4, 0.5) is 8.78 Å². The molecule has 1 aliphatic rings. The molecule has 0 atom stereocenters. The molecule has 186 valence electrons. The molecular formula is C25H24F2N6O3. The molecule has 0 bridgehead atoms. The number of aromatic nitrogens is 4. The number of carbonyl (C=O) groups excluding carboxylic acids is 1. The van der Waals surface area contributed by atoms with Gasteiger partial charge in [-0.05, 0) is 31.8 Å². The zero-order valence-corrected chi connectivity index (χ0v) is 20.2.